The van der Waals surface area contributed by atoms with E-state index in [9.17, 15) is 0 Å². The highest BCUT2D eigenvalue weighted by molar-refractivity contribution is 5.42. The van der Waals surface area contributed by atoms with Gasteiger partial charge in [0.2, 0.25) is 0 Å². The molecule has 1 aromatic heterocycles. The molecule has 0 spiro atoms. The average Bonchev–Trinajstić information content (AvgIpc) is 2.45. The predicted molar refractivity (Wildman–Crippen MR) is 93.0 cm³/mol. The van der Waals surface area contributed by atoms with Crippen LogP contribution in [0.2, 0.25) is 0 Å². The fraction of sp³-hybridized carbons (Fsp3) is 0.722. The van der Waals surface area contributed by atoms with Gasteiger partial charge in [0, 0.05) is 31.9 Å². The van der Waals surface area contributed by atoms with Crippen molar-refractivity contribution in [3.05, 3.63) is 23.4 Å². The summed E-state index contributed by atoms with van der Waals surface area (Å²) in [7, 11) is 2.16. The van der Waals surface area contributed by atoms with Crippen molar-refractivity contribution in [3.8, 4) is 0 Å². The molecule has 0 aliphatic heterocycles. The molecule has 0 aliphatic rings. The summed E-state index contributed by atoms with van der Waals surface area (Å²) in [6, 6.07) is 5.00. The summed E-state index contributed by atoms with van der Waals surface area (Å²) in [5.74, 6) is 1.12. The molecule has 3 heteroatoms. The molecule has 21 heavy (non-hydrogen) atoms. The number of rotatable bonds is 10. The van der Waals surface area contributed by atoms with Crippen LogP contribution in [0.1, 0.15) is 64.6 Å². The maximum Gasteiger partial charge on any atom is 0.128 e. The van der Waals surface area contributed by atoms with Crippen molar-refractivity contribution in [2.75, 3.05) is 18.5 Å². The zero-order valence-electron chi connectivity index (χ0n) is 14.6. The molecule has 0 saturated carbocycles. The quantitative estimate of drug-likeness (QED) is 0.656. The zero-order valence-corrected chi connectivity index (χ0v) is 14.6. The molecule has 0 aromatic carbocycles. The van der Waals surface area contributed by atoms with Crippen LogP contribution in [0, 0.1) is 0 Å². The Morgan fingerprint density at radius 1 is 1.14 bits per heavy atom. The molecule has 1 heterocycles. The lowest BCUT2D eigenvalue weighted by Crippen LogP contribution is -2.23. The maximum absolute atomic E-state index is 4.83. The van der Waals surface area contributed by atoms with E-state index in [0.29, 0.717) is 6.04 Å². The highest BCUT2D eigenvalue weighted by atomic mass is 15.2. The lowest BCUT2D eigenvalue weighted by molar-refractivity contribution is 0.587. The molecule has 0 radical (unpaired) electrons. The van der Waals surface area contributed by atoms with Crippen molar-refractivity contribution >= 4 is 5.82 Å². The Bertz CT molecular complexity index is 401. The number of unbranched alkanes of at least 4 members (excludes halogenated alkanes) is 2. The Labute approximate surface area is 131 Å². The average molecular weight is 291 g/mol. The second-order valence-corrected chi connectivity index (χ2v) is 6.24. The Hall–Kier alpha value is -1.09. The first-order chi connectivity index (χ1) is 10.1. The van der Waals surface area contributed by atoms with Gasteiger partial charge in [0.1, 0.15) is 5.82 Å². The summed E-state index contributed by atoms with van der Waals surface area (Å²) in [4.78, 5) is 7.13. The summed E-state index contributed by atoms with van der Waals surface area (Å²) in [6.07, 6.45) is 6.01. The van der Waals surface area contributed by atoms with Crippen LogP contribution in [0.15, 0.2) is 12.1 Å². The number of anilines is 1. The second kappa shape index (κ2) is 9.78. The summed E-state index contributed by atoms with van der Waals surface area (Å²) in [5.41, 5.74) is 2.57. The number of pyridine rings is 1. The number of hydrogen-bond donors (Lipinski definition) is 1. The number of aromatic nitrogens is 1. The smallest absolute Gasteiger partial charge is 0.128 e. The van der Waals surface area contributed by atoms with Crippen LogP contribution in [0.5, 0.6) is 0 Å². The van der Waals surface area contributed by atoms with Gasteiger partial charge in [-0.25, -0.2) is 4.98 Å². The van der Waals surface area contributed by atoms with Crippen LogP contribution in [-0.2, 0) is 13.0 Å². The highest BCUT2D eigenvalue weighted by Crippen LogP contribution is 2.16. The van der Waals surface area contributed by atoms with Gasteiger partial charge in [-0.05, 0) is 30.5 Å². The van der Waals surface area contributed by atoms with Gasteiger partial charge in [0.15, 0.2) is 0 Å². The van der Waals surface area contributed by atoms with E-state index >= 15 is 0 Å². The minimum Gasteiger partial charge on any atom is -0.360 e. The van der Waals surface area contributed by atoms with Crippen molar-refractivity contribution in [1.82, 2.24) is 10.3 Å². The van der Waals surface area contributed by atoms with Crippen LogP contribution in [0.25, 0.3) is 0 Å². The van der Waals surface area contributed by atoms with E-state index in [0.717, 1.165) is 31.7 Å². The largest absolute Gasteiger partial charge is 0.360 e. The van der Waals surface area contributed by atoms with Gasteiger partial charge in [-0.15, -0.1) is 0 Å². The third-order valence-electron chi connectivity index (χ3n) is 3.63. The standard InChI is InChI=1S/C18H33N3/c1-6-8-9-11-21(5)18-13-16(14-19-15(3)4)12-17(20-18)10-7-2/h12-13,15,19H,6-11,14H2,1-5H3. The fourth-order valence-corrected chi connectivity index (χ4v) is 2.35. The van der Waals surface area contributed by atoms with Crippen LogP contribution < -0.4 is 10.2 Å². The first-order valence-electron chi connectivity index (χ1n) is 8.51. The molecule has 0 amide bonds. The molecule has 120 valence electrons. The van der Waals surface area contributed by atoms with E-state index < -0.39 is 0 Å². The maximum atomic E-state index is 4.83. The molecule has 0 bridgehead atoms. The molecule has 0 fully saturated rings. The van der Waals surface area contributed by atoms with Gasteiger partial charge in [-0.3, -0.25) is 0 Å². The van der Waals surface area contributed by atoms with Gasteiger partial charge in [-0.1, -0.05) is 47.0 Å². The third-order valence-corrected chi connectivity index (χ3v) is 3.63. The molecule has 0 saturated heterocycles. The molecular weight excluding hydrogens is 258 g/mol. The topological polar surface area (TPSA) is 28.2 Å². The number of nitrogens with zero attached hydrogens (tertiary/aromatic N) is 2. The Kier molecular flexibility index (Phi) is 8.36. The van der Waals surface area contributed by atoms with Gasteiger partial charge < -0.3 is 10.2 Å². The predicted octanol–water partition coefficient (Wildman–Crippen LogP) is 4.16. The lowest BCUT2D eigenvalue weighted by atomic mass is 10.1. The van der Waals surface area contributed by atoms with Crippen molar-refractivity contribution in [3.63, 3.8) is 0 Å². The number of aryl methyl sites for hydroxylation is 1. The monoisotopic (exact) mass is 291 g/mol. The summed E-state index contributed by atoms with van der Waals surface area (Å²) >= 11 is 0. The molecule has 0 atom stereocenters. The van der Waals surface area contributed by atoms with Crippen LogP contribution in [0.3, 0.4) is 0 Å². The Morgan fingerprint density at radius 3 is 2.52 bits per heavy atom. The van der Waals surface area contributed by atoms with Crippen LogP contribution in [0.4, 0.5) is 5.82 Å². The Balaban J connectivity index is 2.79. The highest BCUT2D eigenvalue weighted by Gasteiger charge is 2.07. The molecule has 0 aliphatic carbocycles. The van der Waals surface area contributed by atoms with Crippen LogP contribution >= 0.6 is 0 Å². The lowest BCUT2D eigenvalue weighted by Gasteiger charge is -2.20. The first-order valence-corrected chi connectivity index (χ1v) is 8.51. The van der Waals surface area contributed by atoms with E-state index in [1.807, 2.05) is 0 Å². The molecule has 1 N–H and O–H groups in total. The van der Waals surface area contributed by atoms with Crippen molar-refractivity contribution in [2.45, 2.75) is 72.4 Å². The summed E-state index contributed by atoms with van der Waals surface area (Å²) in [5, 5.41) is 3.50. The minimum absolute atomic E-state index is 0.513. The number of hydrogen-bond acceptors (Lipinski definition) is 3. The summed E-state index contributed by atoms with van der Waals surface area (Å²) in [6.45, 7) is 10.8. The zero-order chi connectivity index (χ0) is 15.7. The third kappa shape index (κ3) is 6.94. The Morgan fingerprint density at radius 2 is 1.90 bits per heavy atom. The second-order valence-electron chi connectivity index (χ2n) is 6.24. The van der Waals surface area contributed by atoms with Gasteiger partial charge in [0.05, 0.1) is 0 Å². The van der Waals surface area contributed by atoms with E-state index in [4.69, 9.17) is 4.98 Å². The van der Waals surface area contributed by atoms with Crippen molar-refractivity contribution in [1.29, 1.82) is 0 Å². The van der Waals surface area contributed by atoms with Crippen molar-refractivity contribution < 1.29 is 0 Å². The SMILES string of the molecule is CCCCCN(C)c1cc(CNC(C)C)cc(CCC)n1. The van der Waals surface area contributed by atoms with Gasteiger partial charge in [0.25, 0.3) is 0 Å². The normalized spacial score (nSPS) is 11.1. The van der Waals surface area contributed by atoms with E-state index in [-0.39, 0.29) is 0 Å². The molecule has 3 nitrogen and oxygen atoms in total. The minimum atomic E-state index is 0.513. The molecule has 0 unspecified atom stereocenters. The van der Waals surface area contributed by atoms with Gasteiger partial charge in [-0.2, -0.15) is 0 Å². The fourth-order valence-electron chi connectivity index (χ4n) is 2.35. The summed E-state index contributed by atoms with van der Waals surface area (Å²) < 4.78 is 0. The van der Waals surface area contributed by atoms with E-state index in [1.165, 1.54) is 30.5 Å². The van der Waals surface area contributed by atoms with Crippen molar-refractivity contribution in [2.24, 2.45) is 0 Å². The van der Waals surface area contributed by atoms with E-state index in [2.05, 4.69) is 57.1 Å². The molecule has 1 aromatic rings. The van der Waals surface area contributed by atoms with Gasteiger partial charge >= 0.3 is 0 Å². The molecular formula is C18H33N3. The number of nitrogens with one attached hydrogen (secondary N) is 1. The van der Waals surface area contributed by atoms with Crippen LogP contribution in [-0.4, -0.2) is 24.6 Å². The molecule has 1 rings (SSSR count). The first kappa shape index (κ1) is 18.0. The van der Waals surface area contributed by atoms with E-state index in [1.54, 1.807) is 0 Å².